The van der Waals surface area contributed by atoms with Crippen LogP contribution in [0.25, 0.3) is 0 Å². The van der Waals surface area contributed by atoms with E-state index >= 15 is 0 Å². The summed E-state index contributed by atoms with van der Waals surface area (Å²) < 4.78 is 5.50. The molecule has 0 saturated heterocycles. The molecular weight excluding hydrogens is 355 g/mol. The van der Waals surface area contributed by atoms with E-state index in [0.29, 0.717) is 5.88 Å². The van der Waals surface area contributed by atoms with E-state index in [9.17, 15) is 0 Å². The fourth-order valence-electron chi connectivity index (χ4n) is 1.73. The molecule has 1 N–H and O–H groups in total. The Balaban J connectivity index is 0.00000180. The number of rotatable bonds is 4. The Hall–Kier alpha value is -1.05. The topological polar surface area (TPSA) is 49.8 Å². The lowest BCUT2D eigenvalue weighted by Gasteiger charge is -2.15. The first-order chi connectivity index (χ1) is 8.65. The molecule has 5 nitrogen and oxygen atoms in total. The van der Waals surface area contributed by atoms with Crippen LogP contribution in [0.5, 0.6) is 5.88 Å². The molecule has 0 fully saturated rings. The molecule has 0 spiro atoms. The number of nitrogens with one attached hydrogen (secondary N) is 1. The fourth-order valence-corrected chi connectivity index (χ4v) is 1.73. The molecule has 0 unspecified atom stereocenters. The van der Waals surface area contributed by atoms with E-state index in [1.54, 1.807) is 0 Å². The van der Waals surface area contributed by atoms with Crippen molar-refractivity contribution in [2.75, 3.05) is 20.1 Å². The number of nitrogens with zero attached hydrogens (tertiary/aromatic N) is 3. The smallest absolute Gasteiger partial charge is 0.213 e. The van der Waals surface area contributed by atoms with Crippen molar-refractivity contribution in [2.24, 2.45) is 4.99 Å². The van der Waals surface area contributed by atoms with Gasteiger partial charge in [-0.2, -0.15) is 0 Å². The number of halogens is 1. The third-order valence-electron chi connectivity index (χ3n) is 2.66. The van der Waals surface area contributed by atoms with Crippen LogP contribution in [-0.2, 0) is 6.54 Å². The largest absolute Gasteiger partial charge is 0.475 e. The molecule has 1 aromatic rings. The van der Waals surface area contributed by atoms with Crippen molar-refractivity contribution in [3.63, 3.8) is 0 Å². The average molecular weight is 376 g/mol. The first kappa shape index (κ1) is 16.0. The number of hydrogen-bond acceptors (Lipinski definition) is 5. The van der Waals surface area contributed by atoms with Crippen LogP contribution >= 0.6 is 24.0 Å². The minimum absolute atomic E-state index is 0. The summed E-state index contributed by atoms with van der Waals surface area (Å²) in [4.78, 5) is 10.8. The van der Waals surface area contributed by atoms with Crippen molar-refractivity contribution in [1.82, 2.24) is 15.2 Å². The van der Waals surface area contributed by atoms with E-state index < -0.39 is 0 Å². The van der Waals surface area contributed by atoms with Crippen molar-refractivity contribution in [3.05, 3.63) is 23.9 Å². The second-order valence-electron chi connectivity index (χ2n) is 4.65. The second-order valence-corrected chi connectivity index (χ2v) is 4.65. The molecule has 0 atom stereocenters. The van der Waals surface area contributed by atoms with Gasteiger partial charge < -0.3 is 15.0 Å². The van der Waals surface area contributed by atoms with Gasteiger partial charge in [0.25, 0.3) is 0 Å². The first-order valence-corrected chi connectivity index (χ1v) is 6.26. The van der Waals surface area contributed by atoms with Crippen LogP contribution in [0.15, 0.2) is 23.3 Å². The molecule has 0 amide bonds. The Kier molecular flexibility index (Phi) is 6.33. The molecule has 19 heavy (non-hydrogen) atoms. The number of ether oxygens (including phenoxy) is 1. The van der Waals surface area contributed by atoms with E-state index in [1.165, 1.54) is 0 Å². The van der Waals surface area contributed by atoms with Crippen LogP contribution in [0, 0.1) is 0 Å². The summed E-state index contributed by atoms with van der Waals surface area (Å²) in [5.41, 5.74) is 1.12. The lowest BCUT2D eigenvalue weighted by Crippen LogP contribution is -2.35. The van der Waals surface area contributed by atoms with Crippen LogP contribution in [0.4, 0.5) is 0 Å². The van der Waals surface area contributed by atoms with E-state index in [0.717, 1.165) is 31.2 Å². The molecule has 106 valence electrons. The highest BCUT2D eigenvalue weighted by atomic mass is 127. The van der Waals surface area contributed by atoms with Crippen molar-refractivity contribution in [2.45, 2.75) is 26.5 Å². The molecule has 1 aromatic heterocycles. The van der Waals surface area contributed by atoms with Gasteiger partial charge in [-0.05, 0) is 19.4 Å². The van der Waals surface area contributed by atoms with Gasteiger partial charge in [0.05, 0.1) is 12.6 Å². The minimum atomic E-state index is 0. The molecule has 2 heterocycles. The number of aliphatic imine (C=N–C) groups is 1. The van der Waals surface area contributed by atoms with Gasteiger partial charge in [-0.15, -0.1) is 24.0 Å². The molecule has 0 bridgehead atoms. The second kappa shape index (κ2) is 7.52. The summed E-state index contributed by atoms with van der Waals surface area (Å²) >= 11 is 0. The van der Waals surface area contributed by atoms with Gasteiger partial charge in [-0.25, -0.2) is 4.98 Å². The number of aromatic nitrogens is 1. The lowest BCUT2D eigenvalue weighted by molar-refractivity contribution is 0.232. The fraction of sp³-hybridized carbons (Fsp3) is 0.538. The maximum Gasteiger partial charge on any atom is 0.213 e. The van der Waals surface area contributed by atoms with Crippen molar-refractivity contribution < 1.29 is 4.74 Å². The minimum Gasteiger partial charge on any atom is -0.475 e. The highest BCUT2D eigenvalue weighted by Gasteiger charge is 2.11. The van der Waals surface area contributed by atoms with Gasteiger partial charge in [-0.3, -0.25) is 4.99 Å². The number of pyridine rings is 1. The Bertz CT molecular complexity index is 419. The summed E-state index contributed by atoms with van der Waals surface area (Å²) in [7, 11) is 2.04. The van der Waals surface area contributed by atoms with E-state index in [4.69, 9.17) is 4.74 Å². The predicted molar refractivity (Wildman–Crippen MR) is 87.2 cm³/mol. The highest BCUT2D eigenvalue weighted by molar-refractivity contribution is 14.0. The standard InChI is InChI=1S/C13H20N4O.HI/c1-10(2)18-12-5-4-11(8-15-12)9-16-13-14-6-7-17(13)3;/h4-5,8,10H,6-7,9H2,1-3H3,(H,14,16);1H. The molecule has 2 rings (SSSR count). The zero-order chi connectivity index (χ0) is 13.0. The van der Waals surface area contributed by atoms with E-state index in [1.807, 2.05) is 39.2 Å². The summed E-state index contributed by atoms with van der Waals surface area (Å²) in [5.74, 6) is 1.63. The Labute approximate surface area is 131 Å². The third kappa shape index (κ3) is 4.85. The number of guanidine groups is 1. The van der Waals surface area contributed by atoms with E-state index in [2.05, 4.69) is 20.2 Å². The van der Waals surface area contributed by atoms with Gasteiger partial charge in [0.1, 0.15) is 0 Å². The lowest BCUT2D eigenvalue weighted by atomic mass is 10.3. The zero-order valence-corrected chi connectivity index (χ0v) is 13.9. The molecule has 1 aliphatic rings. The normalized spacial score (nSPS) is 14.1. The van der Waals surface area contributed by atoms with Crippen molar-refractivity contribution >= 4 is 29.9 Å². The molecule has 1 aliphatic heterocycles. The first-order valence-electron chi connectivity index (χ1n) is 6.26. The molecule has 0 aromatic carbocycles. The van der Waals surface area contributed by atoms with Crippen LogP contribution < -0.4 is 10.1 Å². The number of hydrogen-bond donors (Lipinski definition) is 1. The third-order valence-corrected chi connectivity index (χ3v) is 2.66. The quantitative estimate of drug-likeness (QED) is 0.816. The molecule has 0 saturated carbocycles. The Morgan fingerprint density at radius 2 is 2.21 bits per heavy atom. The Morgan fingerprint density at radius 3 is 2.74 bits per heavy atom. The van der Waals surface area contributed by atoms with Crippen LogP contribution in [0.2, 0.25) is 0 Å². The number of likely N-dealkylation sites (N-methyl/N-ethyl adjacent to an activating group) is 1. The van der Waals surface area contributed by atoms with Gasteiger partial charge in [0.2, 0.25) is 5.88 Å². The zero-order valence-electron chi connectivity index (χ0n) is 11.6. The maximum absolute atomic E-state index is 5.50. The Morgan fingerprint density at radius 1 is 1.42 bits per heavy atom. The van der Waals surface area contributed by atoms with E-state index in [-0.39, 0.29) is 30.1 Å². The molecule has 0 radical (unpaired) electrons. The van der Waals surface area contributed by atoms with Crippen molar-refractivity contribution in [1.29, 1.82) is 0 Å². The molecule has 0 aliphatic carbocycles. The van der Waals surface area contributed by atoms with Gasteiger partial charge >= 0.3 is 0 Å². The van der Waals surface area contributed by atoms with Gasteiger partial charge in [0.15, 0.2) is 5.96 Å². The molecule has 6 heteroatoms. The SMILES string of the molecule is CC(C)Oc1ccc(CNC2=NCCN2C)cn1.I. The maximum atomic E-state index is 5.50. The predicted octanol–water partition coefficient (Wildman–Crippen LogP) is 1.88. The monoisotopic (exact) mass is 376 g/mol. The summed E-state index contributed by atoms with van der Waals surface area (Å²) in [5, 5.41) is 3.30. The van der Waals surface area contributed by atoms with Crippen LogP contribution in [0.3, 0.4) is 0 Å². The van der Waals surface area contributed by atoms with Gasteiger partial charge in [0, 0.05) is 32.4 Å². The summed E-state index contributed by atoms with van der Waals surface area (Å²) in [6, 6.07) is 3.92. The summed E-state index contributed by atoms with van der Waals surface area (Å²) in [6.07, 6.45) is 1.99. The summed E-state index contributed by atoms with van der Waals surface area (Å²) in [6.45, 7) is 6.58. The van der Waals surface area contributed by atoms with Crippen molar-refractivity contribution in [3.8, 4) is 5.88 Å². The van der Waals surface area contributed by atoms with Gasteiger partial charge in [-0.1, -0.05) is 6.07 Å². The average Bonchev–Trinajstić information content (AvgIpc) is 2.73. The highest BCUT2D eigenvalue weighted by Crippen LogP contribution is 2.09. The molecular formula is C13H21IN4O. The van der Waals surface area contributed by atoms with Crippen LogP contribution in [0.1, 0.15) is 19.4 Å². The van der Waals surface area contributed by atoms with Crippen LogP contribution in [-0.4, -0.2) is 42.1 Å².